The number of ether oxygens (including phenoxy) is 1. The average Bonchev–Trinajstić information content (AvgIpc) is 2.17. The largest absolute Gasteiger partial charge is 0.495 e. The van der Waals surface area contributed by atoms with Crippen LogP contribution in [0.15, 0.2) is 16.6 Å². The number of hydrogen-bond donors (Lipinski definition) is 0. The second kappa shape index (κ2) is 5.26. The molecule has 1 aromatic rings. The van der Waals surface area contributed by atoms with Gasteiger partial charge < -0.3 is 9.53 Å². The molecule has 82 valence electrons. The summed E-state index contributed by atoms with van der Waals surface area (Å²) in [6.45, 7) is 1.86. The summed E-state index contributed by atoms with van der Waals surface area (Å²) in [5.74, 6) is 0.200. The number of halogens is 2. The van der Waals surface area contributed by atoms with Crippen molar-refractivity contribution in [3.8, 4) is 5.75 Å². The van der Waals surface area contributed by atoms with Crippen LogP contribution < -0.4 is 4.74 Å². The third-order valence-electron chi connectivity index (χ3n) is 2.22. The van der Waals surface area contributed by atoms with Crippen LogP contribution in [0.1, 0.15) is 24.8 Å². The first-order valence-electron chi connectivity index (χ1n) is 4.56. The van der Waals surface area contributed by atoms with Gasteiger partial charge >= 0.3 is 0 Å². The van der Waals surface area contributed by atoms with Crippen molar-refractivity contribution >= 4 is 22.2 Å². The van der Waals surface area contributed by atoms with Crippen molar-refractivity contribution in [3.63, 3.8) is 0 Å². The predicted molar refractivity (Wildman–Crippen MR) is 59.7 cm³/mol. The van der Waals surface area contributed by atoms with Gasteiger partial charge in [0, 0.05) is 12.0 Å². The molecule has 0 aliphatic carbocycles. The van der Waals surface area contributed by atoms with Crippen LogP contribution >= 0.6 is 15.9 Å². The van der Waals surface area contributed by atoms with Gasteiger partial charge in [0.05, 0.1) is 11.6 Å². The Balaban J connectivity index is 3.19. The fourth-order valence-electron chi connectivity index (χ4n) is 1.43. The molecule has 4 heteroatoms. The zero-order valence-electron chi connectivity index (χ0n) is 8.59. The molecule has 0 saturated heterocycles. The molecule has 1 rings (SSSR count). The minimum absolute atomic E-state index is 0.0514. The summed E-state index contributed by atoms with van der Waals surface area (Å²) in [6, 6.07) is 2.74. The molecule has 0 N–H and O–H groups in total. The lowest BCUT2D eigenvalue weighted by Gasteiger charge is -2.15. The van der Waals surface area contributed by atoms with E-state index in [2.05, 4.69) is 15.9 Å². The highest BCUT2D eigenvalue weighted by atomic mass is 79.9. The summed E-state index contributed by atoms with van der Waals surface area (Å²) in [5.41, 5.74) is 0.705. The minimum Gasteiger partial charge on any atom is -0.495 e. The normalized spacial score (nSPS) is 12.3. The monoisotopic (exact) mass is 274 g/mol. The number of carbonyl (C=O) groups excluding carboxylic acids is 1. The van der Waals surface area contributed by atoms with Crippen LogP contribution in [0.3, 0.4) is 0 Å². The lowest BCUT2D eigenvalue weighted by Crippen LogP contribution is -2.00. The number of aldehydes is 1. The molecule has 0 aromatic heterocycles. The quantitative estimate of drug-likeness (QED) is 0.788. The van der Waals surface area contributed by atoms with Crippen LogP contribution in [0.2, 0.25) is 0 Å². The Kier molecular flexibility index (Phi) is 4.27. The van der Waals surface area contributed by atoms with Gasteiger partial charge in [-0.25, -0.2) is 4.39 Å². The van der Waals surface area contributed by atoms with Gasteiger partial charge in [-0.3, -0.25) is 0 Å². The Morgan fingerprint density at radius 3 is 2.80 bits per heavy atom. The Morgan fingerprint density at radius 1 is 1.60 bits per heavy atom. The molecular formula is C11H12BrFO2. The van der Waals surface area contributed by atoms with Gasteiger partial charge in [0.25, 0.3) is 0 Å². The van der Waals surface area contributed by atoms with E-state index in [-0.39, 0.29) is 11.7 Å². The van der Waals surface area contributed by atoms with Crippen LogP contribution in [0.5, 0.6) is 5.75 Å². The van der Waals surface area contributed by atoms with Crippen LogP contribution in [-0.2, 0) is 4.79 Å². The number of benzene rings is 1. The van der Waals surface area contributed by atoms with E-state index in [1.807, 2.05) is 6.92 Å². The van der Waals surface area contributed by atoms with E-state index >= 15 is 0 Å². The van der Waals surface area contributed by atoms with Gasteiger partial charge in [-0.05, 0) is 34.0 Å². The number of carbonyl (C=O) groups is 1. The van der Waals surface area contributed by atoms with Crippen molar-refractivity contribution in [2.75, 3.05) is 7.11 Å². The zero-order valence-corrected chi connectivity index (χ0v) is 10.2. The Labute approximate surface area is 96.6 Å². The fourth-order valence-corrected chi connectivity index (χ4v) is 2.04. The molecule has 0 aliphatic rings. The smallest absolute Gasteiger partial charge is 0.136 e. The number of methoxy groups -OCH3 is 1. The molecule has 2 nitrogen and oxygen atoms in total. The molecular weight excluding hydrogens is 263 g/mol. The van der Waals surface area contributed by atoms with Crippen molar-refractivity contribution in [1.29, 1.82) is 0 Å². The topological polar surface area (TPSA) is 26.3 Å². The molecule has 1 aromatic carbocycles. The second-order valence-corrected chi connectivity index (χ2v) is 4.17. The van der Waals surface area contributed by atoms with E-state index < -0.39 is 0 Å². The number of hydrogen-bond acceptors (Lipinski definition) is 2. The highest BCUT2D eigenvalue weighted by molar-refractivity contribution is 9.10. The summed E-state index contributed by atoms with van der Waals surface area (Å²) in [5, 5.41) is 0. The molecule has 15 heavy (non-hydrogen) atoms. The van der Waals surface area contributed by atoms with Crippen LogP contribution in [0.4, 0.5) is 4.39 Å². The van der Waals surface area contributed by atoms with Gasteiger partial charge in [-0.2, -0.15) is 0 Å². The first-order valence-corrected chi connectivity index (χ1v) is 5.36. The van der Waals surface area contributed by atoms with E-state index in [1.165, 1.54) is 19.2 Å². The first kappa shape index (κ1) is 12.2. The molecule has 0 amide bonds. The average molecular weight is 275 g/mol. The molecule has 0 spiro atoms. The molecule has 0 radical (unpaired) electrons. The summed E-state index contributed by atoms with van der Waals surface area (Å²) in [6.07, 6.45) is 1.18. The molecule has 1 atom stereocenters. The van der Waals surface area contributed by atoms with E-state index in [0.29, 0.717) is 22.2 Å². The van der Waals surface area contributed by atoms with Crippen molar-refractivity contribution in [2.45, 2.75) is 19.3 Å². The first-order chi connectivity index (χ1) is 7.10. The standard InChI is InChI=1S/C11H12BrFO2/c1-7(3-4-14)9-5-8(13)6-10(12)11(9)15-2/h4-7H,3H2,1-2H3. The molecule has 0 heterocycles. The molecule has 0 saturated carbocycles. The van der Waals surface area contributed by atoms with E-state index in [1.54, 1.807) is 0 Å². The zero-order chi connectivity index (χ0) is 11.4. The maximum absolute atomic E-state index is 13.2. The van der Waals surface area contributed by atoms with Crippen molar-refractivity contribution < 1.29 is 13.9 Å². The van der Waals surface area contributed by atoms with Gasteiger partial charge in [0.2, 0.25) is 0 Å². The highest BCUT2D eigenvalue weighted by Gasteiger charge is 2.15. The summed E-state index contributed by atoms with van der Waals surface area (Å²) in [7, 11) is 1.52. The van der Waals surface area contributed by atoms with Crippen molar-refractivity contribution in [1.82, 2.24) is 0 Å². The lowest BCUT2D eigenvalue weighted by molar-refractivity contribution is -0.108. The van der Waals surface area contributed by atoms with Crippen LogP contribution in [0, 0.1) is 5.82 Å². The summed E-state index contributed by atoms with van der Waals surface area (Å²) < 4.78 is 18.9. The van der Waals surface area contributed by atoms with E-state index in [9.17, 15) is 9.18 Å². The highest BCUT2D eigenvalue weighted by Crippen LogP contribution is 2.35. The van der Waals surface area contributed by atoms with E-state index in [4.69, 9.17) is 4.74 Å². The van der Waals surface area contributed by atoms with Gasteiger partial charge in [0.15, 0.2) is 0 Å². The van der Waals surface area contributed by atoms with Crippen LogP contribution in [-0.4, -0.2) is 13.4 Å². The molecule has 1 unspecified atom stereocenters. The Bertz CT molecular complexity index is 366. The summed E-state index contributed by atoms with van der Waals surface area (Å²) in [4.78, 5) is 10.4. The van der Waals surface area contributed by atoms with Crippen LogP contribution in [0.25, 0.3) is 0 Å². The second-order valence-electron chi connectivity index (χ2n) is 3.31. The fraction of sp³-hybridized carbons (Fsp3) is 0.364. The Morgan fingerprint density at radius 2 is 2.27 bits per heavy atom. The lowest BCUT2D eigenvalue weighted by atomic mass is 9.97. The van der Waals surface area contributed by atoms with Gasteiger partial charge in [-0.15, -0.1) is 0 Å². The third kappa shape index (κ3) is 2.78. The Hall–Kier alpha value is -0.900. The molecule has 0 aliphatic heterocycles. The third-order valence-corrected chi connectivity index (χ3v) is 2.81. The van der Waals surface area contributed by atoms with Gasteiger partial charge in [-0.1, -0.05) is 6.92 Å². The number of rotatable bonds is 4. The minimum atomic E-state index is -0.338. The van der Waals surface area contributed by atoms with E-state index in [0.717, 1.165) is 6.29 Å². The SMILES string of the molecule is COc1c(Br)cc(F)cc1C(C)CC=O. The summed E-state index contributed by atoms with van der Waals surface area (Å²) >= 11 is 3.22. The molecule has 0 fully saturated rings. The van der Waals surface area contributed by atoms with Crippen molar-refractivity contribution in [2.24, 2.45) is 0 Å². The predicted octanol–water partition coefficient (Wildman–Crippen LogP) is 3.29. The molecule has 0 bridgehead atoms. The van der Waals surface area contributed by atoms with Crippen molar-refractivity contribution in [3.05, 3.63) is 28.0 Å². The maximum Gasteiger partial charge on any atom is 0.136 e. The maximum atomic E-state index is 13.2. The van der Waals surface area contributed by atoms with Gasteiger partial charge in [0.1, 0.15) is 17.9 Å².